The summed E-state index contributed by atoms with van der Waals surface area (Å²) < 4.78 is 5.07. The third-order valence-corrected chi connectivity index (χ3v) is 2.99. The van der Waals surface area contributed by atoms with Crippen LogP contribution in [0.3, 0.4) is 0 Å². The van der Waals surface area contributed by atoms with E-state index < -0.39 is 0 Å². The van der Waals surface area contributed by atoms with E-state index in [1.165, 1.54) is 7.05 Å². The number of methoxy groups -OCH3 is 1. The first-order valence-electron chi connectivity index (χ1n) is 6.67. The van der Waals surface area contributed by atoms with Gasteiger partial charge in [-0.2, -0.15) is 0 Å². The third-order valence-electron chi connectivity index (χ3n) is 2.99. The molecule has 0 heterocycles. The van der Waals surface area contributed by atoms with E-state index in [2.05, 4.69) is 16.0 Å². The molecule has 0 atom stereocenters. The molecule has 3 N–H and O–H groups in total. The summed E-state index contributed by atoms with van der Waals surface area (Å²) in [5.74, 6) is 0.400. The number of carbonyl (C=O) groups is 2. The number of rotatable bonds is 4. The summed E-state index contributed by atoms with van der Waals surface area (Å²) in [5.41, 5.74) is 1.45. The number of carbonyl (C=O) groups excluding carboxylic acids is 2. The molecule has 0 fully saturated rings. The van der Waals surface area contributed by atoms with Gasteiger partial charge in [0.25, 0.3) is 5.91 Å². The molecule has 0 aromatic heterocycles. The van der Waals surface area contributed by atoms with Crippen LogP contribution in [-0.4, -0.2) is 26.1 Å². The van der Waals surface area contributed by atoms with Crippen LogP contribution >= 0.6 is 0 Å². The molecule has 2 aromatic rings. The Labute approximate surface area is 128 Å². The molecule has 6 nitrogen and oxygen atoms in total. The van der Waals surface area contributed by atoms with Gasteiger partial charge in [-0.25, -0.2) is 4.79 Å². The predicted octanol–water partition coefficient (Wildman–Crippen LogP) is 2.70. The van der Waals surface area contributed by atoms with Crippen LogP contribution in [0, 0.1) is 0 Å². The van der Waals surface area contributed by atoms with Crippen molar-refractivity contribution >= 4 is 23.3 Å². The number of anilines is 2. The second kappa shape index (κ2) is 7.12. The van der Waals surface area contributed by atoms with Crippen molar-refractivity contribution in [1.82, 2.24) is 5.32 Å². The number of ether oxygens (including phenoxy) is 1. The van der Waals surface area contributed by atoms with Crippen LogP contribution in [0.5, 0.6) is 5.75 Å². The zero-order chi connectivity index (χ0) is 15.9. The monoisotopic (exact) mass is 299 g/mol. The number of benzene rings is 2. The number of urea groups is 1. The minimum atomic E-state index is -0.385. The molecular formula is C16H17N3O3. The molecule has 22 heavy (non-hydrogen) atoms. The molecule has 0 saturated carbocycles. The SMILES string of the molecule is CNC(=O)Nc1ccccc1C(=O)Nc1ccc(OC)cc1. The first-order chi connectivity index (χ1) is 10.6. The molecule has 6 heteroatoms. The molecule has 2 rings (SSSR count). The van der Waals surface area contributed by atoms with Crippen molar-refractivity contribution in [1.29, 1.82) is 0 Å². The number of hydrogen-bond donors (Lipinski definition) is 3. The molecule has 0 aliphatic rings. The van der Waals surface area contributed by atoms with Crippen LogP contribution in [0.25, 0.3) is 0 Å². The molecule has 114 valence electrons. The fourth-order valence-corrected chi connectivity index (χ4v) is 1.85. The molecule has 2 aromatic carbocycles. The molecule has 0 aliphatic heterocycles. The Morgan fingerprint density at radius 1 is 0.955 bits per heavy atom. The van der Waals surface area contributed by atoms with Gasteiger partial charge < -0.3 is 20.7 Å². The Kier molecular flexibility index (Phi) is 4.98. The topological polar surface area (TPSA) is 79.5 Å². The summed E-state index contributed by atoms with van der Waals surface area (Å²) in [6, 6.07) is 13.4. The highest BCUT2D eigenvalue weighted by Crippen LogP contribution is 2.19. The Morgan fingerprint density at radius 2 is 1.64 bits per heavy atom. The Bertz CT molecular complexity index is 669. The maximum atomic E-state index is 12.3. The summed E-state index contributed by atoms with van der Waals surface area (Å²) in [4.78, 5) is 23.8. The summed E-state index contributed by atoms with van der Waals surface area (Å²) >= 11 is 0. The fourth-order valence-electron chi connectivity index (χ4n) is 1.85. The Morgan fingerprint density at radius 3 is 2.27 bits per heavy atom. The first-order valence-corrected chi connectivity index (χ1v) is 6.67. The van der Waals surface area contributed by atoms with Crippen molar-refractivity contribution in [2.45, 2.75) is 0 Å². The highest BCUT2D eigenvalue weighted by molar-refractivity contribution is 6.09. The lowest BCUT2D eigenvalue weighted by Crippen LogP contribution is -2.26. The van der Waals surface area contributed by atoms with Gasteiger partial charge in [0.15, 0.2) is 0 Å². The van der Waals surface area contributed by atoms with Crippen molar-refractivity contribution in [3.63, 3.8) is 0 Å². The minimum absolute atomic E-state index is 0.308. The van der Waals surface area contributed by atoms with Crippen LogP contribution in [0.4, 0.5) is 16.2 Å². The second-order valence-electron chi connectivity index (χ2n) is 4.43. The third kappa shape index (κ3) is 3.76. The summed E-state index contributed by atoms with van der Waals surface area (Å²) in [6.07, 6.45) is 0. The number of amides is 3. The van der Waals surface area contributed by atoms with E-state index in [0.29, 0.717) is 22.7 Å². The van der Waals surface area contributed by atoms with Gasteiger partial charge in [0.05, 0.1) is 18.4 Å². The average molecular weight is 299 g/mol. The number of hydrogen-bond acceptors (Lipinski definition) is 3. The van der Waals surface area contributed by atoms with Crippen molar-refractivity contribution < 1.29 is 14.3 Å². The average Bonchev–Trinajstić information content (AvgIpc) is 2.55. The van der Waals surface area contributed by atoms with Crippen LogP contribution in [0.1, 0.15) is 10.4 Å². The lowest BCUT2D eigenvalue weighted by Gasteiger charge is -2.11. The molecule has 0 saturated heterocycles. The highest BCUT2D eigenvalue weighted by atomic mass is 16.5. The fraction of sp³-hybridized carbons (Fsp3) is 0.125. The largest absolute Gasteiger partial charge is 0.497 e. The van der Waals surface area contributed by atoms with E-state index in [1.807, 2.05) is 0 Å². The predicted molar refractivity (Wildman–Crippen MR) is 85.5 cm³/mol. The Hall–Kier alpha value is -3.02. The van der Waals surface area contributed by atoms with E-state index in [1.54, 1.807) is 55.6 Å². The highest BCUT2D eigenvalue weighted by Gasteiger charge is 2.12. The Balaban J connectivity index is 2.16. The van der Waals surface area contributed by atoms with E-state index >= 15 is 0 Å². The van der Waals surface area contributed by atoms with Gasteiger partial charge in [0.1, 0.15) is 5.75 Å². The zero-order valence-electron chi connectivity index (χ0n) is 12.3. The lowest BCUT2D eigenvalue weighted by molar-refractivity contribution is 0.102. The molecule has 0 bridgehead atoms. The molecule has 3 amide bonds. The number of nitrogens with one attached hydrogen (secondary N) is 3. The van der Waals surface area contributed by atoms with Crippen LogP contribution in [-0.2, 0) is 0 Å². The van der Waals surface area contributed by atoms with E-state index in [9.17, 15) is 9.59 Å². The summed E-state index contributed by atoms with van der Waals surface area (Å²) in [6.45, 7) is 0. The lowest BCUT2D eigenvalue weighted by atomic mass is 10.1. The van der Waals surface area contributed by atoms with Gasteiger partial charge in [-0.3, -0.25) is 4.79 Å². The van der Waals surface area contributed by atoms with E-state index in [-0.39, 0.29) is 11.9 Å². The van der Waals surface area contributed by atoms with Gasteiger partial charge in [0, 0.05) is 12.7 Å². The van der Waals surface area contributed by atoms with E-state index in [4.69, 9.17) is 4.74 Å². The van der Waals surface area contributed by atoms with Gasteiger partial charge >= 0.3 is 6.03 Å². The second-order valence-corrected chi connectivity index (χ2v) is 4.43. The van der Waals surface area contributed by atoms with Crippen LogP contribution in [0.15, 0.2) is 48.5 Å². The summed E-state index contributed by atoms with van der Waals surface area (Å²) in [7, 11) is 3.09. The quantitative estimate of drug-likeness (QED) is 0.812. The molecular weight excluding hydrogens is 282 g/mol. The van der Waals surface area contributed by atoms with Crippen molar-refractivity contribution in [2.24, 2.45) is 0 Å². The van der Waals surface area contributed by atoms with Gasteiger partial charge in [-0.05, 0) is 36.4 Å². The molecule has 0 unspecified atom stereocenters. The van der Waals surface area contributed by atoms with Crippen molar-refractivity contribution in [2.75, 3.05) is 24.8 Å². The van der Waals surface area contributed by atoms with Crippen LogP contribution in [0.2, 0.25) is 0 Å². The standard InChI is InChI=1S/C16H17N3O3/c1-17-16(21)19-14-6-4-3-5-13(14)15(20)18-11-7-9-12(22-2)10-8-11/h3-10H,1-2H3,(H,18,20)(H2,17,19,21). The van der Waals surface area contributed by atoms with Gasteiger partial charge in [-0.1, -0.05) is 12.1 Å². The normalized spacial score (nSPS) is 9.73. The smallest absolute Gasteiger partial charge is 0.318 e. The molecule has 0 radical (unpaired) electrons. The maximum absolute atomic E-state index is 12.3. The molecule has 0 spiro atoms. The maximum Gasteiger partial charge on any atom is 0.318 e. The van der Waals surface area contributed by atoms with Crippen molar-refractivity contribution in [3.8, 4) is 5.75 Å². The van der Waals surface area contributed by atoms with Crippen LogP contribution < -0.4 is 20.7 Å². The van der Waals surface area contributed by atoms with Gasteiger partial charge in [0.2, 0.25) is 0 Å². The number of para-hydroxylation sites is 1. The van der Waals surface area contributed by atoms with Crippen molar-refractivity contribution in [3.05, 3.63) is 54.1 Å². The van der Waals surface area contributed by atoms with E-state index in [0.717, 1.165) is 0 Å². The summed E-state index contributed by atoms with van der Waals surface area (Å²) in [5, 5.41) is 7.84. The van der Waals surface area contributed by atoms with Gasteiger partial charge in [-0.15, -0.1) is 0 Å². The molecule has 0 aliphatic carbocycles. The minimum Gasteiger partial charge on any atom is -0.497 e. The first kappa shape index (κ1) is 15.4. The zero-order valence-corrected chi connectivity index (χ0v) is 12.3.